The molecule has 0 heterocycles. The first-order valence-electron chi connectivity index (χ1n) is 11.1. The molecule has 0 saturated heterocycles. The summed E-state index contributed by atoms with van der Waals surface area (Å²) in [6.45, 7) is 6.49. The van der Waals surface area contributed by atoms with Crippen LogP contribution in [-0.2, 0) is 9.09 Å². The van der Waals surface area contributed by atoms with E-state index in [4.69, 9.17) is 4.52 Å². The van der Waals surface area contributed by atoms with E-state index in [-0.39, 0.29) is 17.6 Å². The molecule has 2 aromatic carbocycles. The van der Waals surface area contributed by atoms with Crippen molar-refractivity contribution in [1.29, 1.82) is 0 Å². The molecule has 1 aliphatic rings. The summed E-state index contributed by atoms with van der Waals surface area (Å²) in [5, 5.41) is 11.6. The highest BCUT2D eigenvalue weighted by Gasteiger charge is 2.43. The molecule has 0 amide bonds. The molecule has 0 bridgehead atoms. The summed E-state index contributed by atoms with van der Waals surface area (Å²) < 4.78 is 35.4. The number of halogens is 1. The van der Waals surface area contributed by atoms with E-state index in [0.717, 1.165) is 24.9 Å². The smallest absolute Gasteiger partial charge is 0.264 e. The van der Waals surface area contributed by atoms with Crippen LogP contribution in [0.25, 0.3) is 0 Å². The van der Waals surface area contributed by atoms with Crippen molar-refractivity contribution in [1.82, 2.24) is 0 Å². The summed E-state index contributed by atoms with van der Waals surface area (Å²) in [5.74, 6) is -1.08. The van der Waals surface area contributed by atoms with Crippen molar-refractivity contribution in [2.24, 2.45) is 17.8 Å². The van der Waals surface area contributed by atoms with Gasteiger partial charge in [-0.3, -0.25) is 4.57 Å². The number of hydrogen-bond acceptors (Lipinski definition) is 4. The zero-order valence-electron chi connectivity index (χ0n) is 19.2. The molecule has 4 nitrogen and oxygen atoms in total. The topological polar surface area (TPSA) is 49.8 Å². The lowest BCUT2D eigenvalue weighted by atomic mass is 9.75. The van der Waals surface area contributed by atoms with Crippen molar-refractivity contribution in [2.75, 3.05) is 19.0 Å². The lowest BCUT2D eigenvalue weighted by Crippen LogP contribution is -2.35. The van der Waals surface area contributed by atoms with Gasteiger partial charge in [0.2, 0.25) is 0 Å². The largest absolute Gasteiger partial charge is 0.378 e. The number of anilines is 1. The number of nitrogens with zero attached hydrogens (tertiary/aromatic N) is 1. The average molecular weight is 448 g/mol. The van der Waals surface area contributed by atoms with Gasteiger partial charge in [0.15, 0.2) is 5.85 Å². The fourth-order valence-electron chi connectivity index (χ4n) is 4.52. The molecule has 31 heavy (non-hydrogen) atoms. The Morgan fingerprint density at radius 1 is 1.10 bits per heavy atom. The molecule has 5 unspecified atom stereocenters. The van der Waals surface area contributed by atoms with Gasteiger partial charge in [0.05, 0.1) is 6.10 Å². The summed E-state index contributed by atoms with van der Waals surface area (Å²) in [6, 6.07) is 13.1. The van der Waals surface area contributed by atoms with Crippen LogP contribution in [0.1, 0.15) is 51.4 Å². The van der Waals surface area contributed by atoms with Crippen LogP contribution in [0.15, 0.2) is 48.5 Å². The average Bonchev–Trinajstić information content (AvgIpc) is 2.73. The minimum atomic E-state index is -3.84. The van der Waals surface area contributed by atoms with Gasteiger partial charge >= 0.3 is 0 Å². The molecule has 1 N–H and O–H groups in total. The molecule has 5 atom stereocenters. The maximum Gasteiger partial charge on any atom is 0.264 e. The predicted molar refractivity (Wildman–Crippen MR) is 126 cm³/mol. The second kappa shape index (κ2) is 9.85. The molecule has 1 fully saturated rings. The number of aliphatic hydroxyl groups is 1. The summed E-state index contributed by atoms with van der Waals surface area (Å²) in [4.78, 5) is 1.94. The second-order valence-electron chi connectivity index (χ2n) is 9.37. The van der Waals surface area contributed by atoms with Crippen LogP contribution in [0.2, 0.25) is 0 Å². The zero-order chi connectivity index (χ0) is 22.8. The van der Waals surface area contributed by atoms with Gasteiger partial charge in [-0.15, -0.1) is 0 Å². The van der Waals surface area contributed by atoms with Crippen LogP contribution in [0.4, 0.5) is 10.1 Å². The molecule has 0 aromatic heterocycles. The molecule has 3 rings (SSSR count). The van der Waals surface area contributed by atoms with Gasteiger partial charge in [-0.1, -0.05) is 45.4 Å². The van der Waals surface area contributed by atoms with Crippen LogP contribution in [-0.4, -0.2) is 25.3 Å². The van der Waals surface area contributed by atoms with Crippen molar-refractivity contribution in [3.05, 3.63) is 59.9 Å². The fraction of sp³-hybridized carbons (Fsp3) is 0.520. The van der Waals surface area contributed by atoms with Crippen LogP contribution < -0.4 is 10.2 Å². The van der Waals surface area contributed by atoms with E-state index in [9.17, 15) is 14.1 Å². The maximum absolute atomic E-state index is 14.6. The third-order valence-electron chi connectivity index (χ3n) is 6.48. The van der Waals surface area contributed by atoms with Crippen molar-refractivity contribution < 1.29 is 18.6 Å². The van der Waals surface area contributed by atoms with Crippen LogP contribution in [0.3, 0.4) is 0 Å². The van der Waals surface area contributed by atoms with Gasteiger partial charge in [0.25, 0.3) is 7.37 Å². The second-order valence-corrected chi connectivity index (χ2v) is 11.8. The molecule has 6 heteroatoms. The van der Waals surface area contributed by atoms with Crippen molar-refractivity contribution in [3.8, 4) is 0 Å². The van der Waals surface area contributed by atoms with Gasteiger partial charge in [-0.05, 0) is 60.9 Å². The minimum absolute atomic E-state index is 0.00692. The standard InChI is InChI=1S/C25H35FNO3P/c1-17(2)21-15-10-18(3)16-24(21)30-31(29,20-13-11-19(12-14-20)27(4)5)25(28)22-8-6-7-9-23(22)26/h6-9,11-14,17-18,21,24-25,28H,10,15-16H2,1-5H3. The monoisotopic (exact) mass is 447 g/mol. The van der Waals surface area contributed by atoms with Gasteiger partial charge in [0.1, 0.15) is 5.82 Å². The first-order chi connectivity index (χ1) is 14.6. The Morgan fingerprint density at radius 2 is 1.74 bits per heavy atom. The molecule has 0 radical (unpaired) electrons. The highest BCUT2D eigenvalue weighted by Crippen LogP contribution is 2.60. The summed E-state index contributed by atoms with van der Waals surface area (Å²) in [7, 11) is 0.0164. The molecule has 1 saturated carbocycles. The molecular weight excluding hydrogens is 412 g/mol. The van der Waals surface area contributed by atoms with Crippen molar-refractivity contribution >= 4 is 18.4 Å². The van der Waals surface area contributed by atoms with E-state index in [1.165, 1.54) is 12.1 Å². The normalized spacial score (nSPS) is 24.6. The zero-order valence-corrected chi connectivity index (χ0v) is 20.1. The molecule has 0 spiro atoms. The summed E-state index contributed by atoms with van der Waals surface area (Å²) in [6.07, 6.45) is 2.65. The SMILES string of the molecule is CC1CCC(C(C)C)C(OP(=O)(c2ccc(N(C)C)cc2)C(O)c2ccccc2F)C1. The third-order valence-corrected chi connectivity index (χ3v) is 9.01. The minimum Gasteiger partial charge on any atom is -0.378 e. The third kappa shape index (κ3) is 5.22. The van der Waals surface area contributed by atoms with E-state index in [2.05, 4.69) is 20.8 Å². The van der Waals surface area contributed by atoms with E-state index >= 15 is 0 Å². The van der Waals surface area contributed by atoms with Crippen LogP contribution in [0, 0.1) is 23.6 Å². The Hall–Kier alpha value is -1.68. The Morgan fingerprint density at radius 3 is 2.32 bits per heavy atom. The number of rotatable bonds is 7. The quantitative estimate of drug-likeness (QED) is 0.532. The highest BCUT2D eigenvalue weighted by atomic mass is 31.2. The number of aliphatic hydroxyl groups excluding tert-OH is 1. The van der Waals surface area contributed by atoms with Gasteiger partial charge in [-0.2, -0.15) is 0 Å². The number of hydrogen-bond donors (Lipinski definition) is 1. The van der Waals surface area contributed by atoms with E-state index < -0.39 is 19.0 Å². The first-order valence-corrected chi connectivity index (χ1v) is 12.8. The first kappa shape index (κ1) is 24.0. The van der Waals surface area contributed by atoms with Crippen molar-refractivity contribution in [2.45, 2.75) is 52.0 Å². The Kier molecular flexibility index (Phi) is 7.62. The number of benzene rings is 2. The Bertz CT molecular complexity index is 915. The molecule has 2 aromatic rings. The molecular formula is C25H35FNO3P. The van der Waals surface area contributed by atoms with Gasteiger partial charge in [-0.25, -0.2) is 4.39 Å². The van der Waals surface area contributed by atoms with Crippen molar-refractivity contribution in [3.63, 3.8) is 0 Å². The maximum atomic E-state index is 14.6. The van der Waals surface area contributed by atoms with Crippen LogP contribution >= 0.6 is 7.37 Å². The summed E-state index contributed by atoms with van der Waals surface area (Å²) in [5.41, 5.74) is 0.953. The Balaban J connectivity index is 2.05. The van der Waals surface area contributed by atoms with Crippen LogP contribution in [0.5, 0.6) is 0 Å². The predicted octanol–water partition coefficient (Wildman–Crippen LogP) is 5.96. The lowest BCUT2D eigenvalue weighted by molar-refractivity contribution is 0.0425. The highest BCUT2D eigenvalue weighted by molar-refractivity contribution is 7.67. The molecule has 1 aliphatic carbocycles. The van der Waals surface area contributed by atoms with E-state index in [0.29, 0.717) is 17.1 Å². The summed E-state index contributed by atoms with van der Waals surface area (Å²) >= 11 is 0. The Labute approximate surface area is 185 Å². The van der Waals surface area contributed by atoms with E-state index in [1.807, 2.05) is 31.1 Å². The fourth-order valence-corrected chi connectivity index (χ4v) is 6.83. The van der Waals surface area contributed by atoms with E-state index in [1.54, 1.807) is 24.3 Å². The van der Waals surface area contributed by atoms with Gasteiger partial charge < -0.3 is 14.5 Å². The molecule has 170 valence electrons. The van der Waals surface area contributed by atoms with Gasteiger partial charge in [0, 0.05) is 30.7 Å². The lowest BCUT2D eigenvalue weighted by Gasteiger charge is -2.40. The molecule has 0 aliphatic heterocycles.